The highest BCUT2D eigenvalue weighted by atomic mass is 16.6. The predicted octanol–water partition coefficient (Wildman–Crippen LogP) is 4.27. The topological polar surface area (TPSA) is 279 Å². The van der Waals surface area contributed by atoms with E-state index in [0.717, 1.165) is 116 Å². The van der Waals surface area contributed by atoms with Gasteiger partial charge in [0.15, 0.2) is 0 Å². The number of likely N-dealkylation sites (tertiary alicyclic amines) is 4. The van der Waals surface area contributed by atoms with Crippen LogP contribution in [0.25, 0.3) is 0 Å². The number of rotatable bonds is 15. The zero-order valence-electron chi connectivity index (χ0n) is 51.7. The van der Waals surface area contributed by atoms with Gasteiger partial charge < -0.3 is 71.9 Å². The van der Waals surface area contributed by atoms with Gasteiger partial charge in [-0.2, -0.15) is 0 Å². The third-order valence-electron chi connectivity index (χ3n) is 13.7. The normalized spacial score (nSPS) is 19.4. The zero-order chi connectivity index (χ0) is 63.3. The van der Waals surface area contributed by atoms with E-state index >= 15 is 0 Å². The van der Waals surface area contributed by atoms with Crippen molar-refractivity contribution in [1.82, 2.24) is 24.5 Å². The van der Waals surface area contributed by atoms with Crippen molar-refractivity contribution in [2.24, 2.45) is 23.7 Å². The van der Waals surface area contributed by atoms with Crippen molar-refractivity contribution >= 4 is 59.7 Å². The van der Waals surface area contributed by atoms with Crippen molar-refractivity contribution in [1.29, 1.82) is 0 Å². The van der Waals surface area contributed by atoms with Crippen molar-refractivity contribution in [3.05, 3.63) is 71.0 Å². The van der Waals surface area contributed by atoms with Crippen LogP contribution in [0.3, 0.4) is 0 Å². The van der Waals surface area contributed by atoms with Gasteiger partial charge in [-0.15, -0.1) is 0 Å². The molecule has 0 spiro atoms. The lowest BCUT2D eigenvalue weighted by Crippen LogP contribution is -2.40. The molecule has 3 atom stereocenters. The van der Waals surface area contributed by atoms with Crippen LogP contribution in [-0.2, 0) is 95.3 Å². The van der Waals surface area contributed by atoms with Crippen LogP contribution in [0.15, 0.2) is 71.0 Å². The fraction of sp³-hybridized carbons (Fsp3) is 0.627. The minimum atomic E-state index is -0.567. The molecule has 0 bridgehead atoms. The Balaban J connectivity index is 0.000000526. The maximum Gasteiger partial charge on any atom is 0.354 e. The first-order valence-corrected chi connectivity index (χ1v) is 27.8. The SMILES string of the molecule is COC(=O)/C=C(\C(=O)OC)N1CC(C)CC(C)C1.COC(=O)/C=C(\C(=O)OC)N1CC=CC1.COC(=O)/C=C(\C(=O)OC)N1CCC(C)CC1.COC(=O)/C=C(\C(=O)OC)N1CCCC(C)C1.COC(=O)/C=C(\C(=O)OC)N1CCCCCC1. The second-order valence-corrected chi connectivity index (χ2v) is 20.2. The fourth-order valence-corrected chi connectivity index (χ4v) is 9.28. The Labute approximate surface area is 494 Å². The van der Waals surface area contributed by atoms with E-state index in [1.807, 2.05) is 31.8 Å². The molecule has 0 radical (unpaired) electrons. The number of ether oxygens (including phenoxy) is 10. The van der Waals surface area contributed by atoms with E-state index in [1.165, 1.54) is 95.4 Å². The summed E-state index contributed by atoms with van der Waals surface area (Å²) in [5.41, 5.74) is 1.36. The first-order valence-electron chi connectivity index (χ1n) is 27.8. The van der Waals surface area contributed by atoms with Gasteiger partial charge in [-0.1, -0.05) is 52.7 Å². The lowest BCUT2D eigenvalue weighted by Gasteiger charge is -2.36. The summed E-state index contributed by atoms with van der Waals surface area (Å²) >= 11 is 0. The van der Waals surface area contributed by atoms with Gasteiger partial charge in [0.25, 0.3) is 0 Å². The van der Waals surface area contributed by atoms with Gasteiger partial charge in [-0.25, -0.2) is 47.9 Å². The molecule has 472 valence electrons. The molecule has 0 aromatic rings. The predicted molar refractivity (Wildman–Crippen MR) is 306 cm³/mol. The second kappa shape index (κ2) is 41.2. The fourth-order valence-electron chi connectivity index (χ4n) is 9.28. The van der Waals surface area contributed by atoms with Crippen LogP contribution in [0.5, 0.6) is 0 Å². The highest BCUT2D eigenvalue weighted by Gasteiger charge is 2.29. The van der Waals surface area contributed by atoms with Crippen LogP contribution in [0.2, 0.25) is 0 Å². The van der Waals surface area contributed by atoms with Crippen LogP contribution >= 0.6 is 0 Å². The number of carbonyl (C=O) groups is 10. The minimum Gasteiger partial charge on any atom is -0.466 e. The second-order valence-electron chi connectivity index (χ2n) is 20.2. The Hall–Kier alpha value is -7.86. The van der Waals surface area contributed by atoms with Crippen molar-refractivity contribution < 1.29 is 95.3 Å². The zero-order valence-corrected chi connectivity index (χ0v) is 51.7. The van der Waals surface area contributed by atoms with E-state index in [0.29, 0.717) is 42.5 Å². The summed E-state index contributed by atoms with van der Waals surface area (Å²) in [6, 6.07) is 0. The average molecular weight is 1190 g/mol. The van der Waals surface area contributed by atoms with Crippen LogP contribution < -0.4 is 0 Å². The molecule has 5 aliphatic rings. The molecule has 25 nitrogen and oxygen atoms in total. The number of hydrogen-bond acceptors (Lipinski definition) is 25. The first kappa shape index (κ1) is 74.2. The van der Waals surface area contributed by atoms with Gasteiger partial charge in [-0.3, -0.25) is 0 Å². The average Bonchev–Trinajstić information content (AvgIpc) is 3.95. The largest absolute Gasteiger partial charge is 0.466 e. The molecule has 0 aromatic carbocycles. The standard InChI is InChI=1S/C13H21NO4.3C12H19NO4.C10H13NO4/c1-9-5-10(2)8-14(7-9)11(13(16)18-4)6-12(15)17-3;1-9-4-6-13(7-5-9)10(12(15)17-3)8-11(14)16-2;1-9-5-4-6-13(8-9)10(12(15)17-3)7-11(14)16-2;1-16-11(14)9-10(12(15)17-2)13-7-5-3-4-6-8-13;1-14-9(12)7-8(10(13)15-2)11-5-3-4-6-11/h6,9-10H,5,7-8H2,1-4H3;8-9H,4-7H2,1-3H3;7,9H,4-6,8H2,1-3H3;9H,3-8H2,1-2H3;3-4,7H,5-6H2,1-2H3/b11-6+;10-8+;10-7+;10-9+;8-7+. The van der Waals surface area contributed by atoms with E-state index in [-0.39, 0.29) is 22.8 Å². The quantitative estimate of drug-likeness (QED) is 0.0958. The maximum atomic E-state index is 11.7. The van der Waals surface area contributed by atoms with E-state index in [2.05, 4.69) is 65.6 Å². The molecule has 4 saturated heterocycles. The van der Waals surface area contributed by atoms with E-state index in [1.54, 1.807) is 4.90 Å². The lowest BCUT2D eigenvalue weighted by atomic mass is 9.91. The van der Waals surface area contributed by atoms with E-state index in [4.69, 9.17) is 9.47 Å². The summed E-state index contributed by atoms with van der Waals surface area (Å²) < 4.78 is 46.0. The molecule has 0 saturated carbocycles. The molecule has 3 unspecified atom stereocenters. The molecule has 5 rings (SSSR count). The highest BCUT2D eigenvalue weighted by Crippen LogP contribution is 2.25. The Morgan fingerprint density at radius 1 is 0.310 bits per heavy atom. The molecule has 4 fully saturated rings. The third kappa shape index (κ3) is 27.5. The van der Waals surface area contributed by atoms with Crippen molar-refractivity contribution in [2.75, 3.05) is 137 Å². The lowest BCUT2D eigenvalue weighted by molar-refractivity contribution is -0.140. The Morgan fingerprint density at radius 3 is 0.917 bits per heavy atom. The summed E-state index contributed by atoms with van der Waals surface area (Å²) in [6.45, 7) is 15.9. The molecule has 84 heavy (non-hydrogen) atoms. The molecule has 0 N–H and O–H groups in total. The number of piperidine rings is 3. The van der Waals surface area contributed by atoms with Gasteiger partial charge >= 0.3 is 59.7 Å². The number of esters is 10. The monoisotopic (exact) mass is 1190 g/mol. The summed E-state index contributed by atoms with van der Waals surface area (Å²) in [6.07, 6.45) is 19.4. The summed E-state index contributed by atoms with van der Waals surface area (Å²) in [4.78, 5) is 123. The molecule has 0 amide bonds. The number of carbonyl (C=O) groups excluding carboxylic acids is 10. The number of nitrogens with zero attached hydrogens (tertiary/aromatic N) is 5. The van der Waals surface area contributed by atoms with Crippen molar-refractivity contribution in [2.45, 2.75) is 85.5 Å². The Morgan fingerprint density at radius 2 is 0.595 bits per heavy atom. The van der Waals surface area contributed by atoms with Gasteiger partial charge in [0.2, 0.25) is 0 Å². The molecule has 5 heterocycles. The third-order valence-corrected chi connectivity index (χ3v) is 13.7. The molecule has 0 aliphatic carbocycles. The van der Waals surface area contributed by atoms with E-state index in [9.17, 15) is 47.9 Å². The van der Waals surface area contributed by atoms with Crippen LogP contribution in [0.1, 0.15) is 85.5 Å². The molecular weight excluding hydrogens is 1100 g/mol. The molecule has 5 aliphatic heterocycles. The highest BCUT2D eigenvalue weighted by molar-refractivity contribution is 5.98. The van der Waals surface area contributed by atoms with Crippen LogP contribution in [0, 0.1) is 23.7 Å². The van der Waals surface area contributed by atoms with Gasteiger partial charge in [0.05, 0.1) is 101 Å². The maximum absolute atomic E-state index is 11.7. The van der Waals surface area contributed by atoms with Gasteiger partial charge in [0, 0.05) is 65.4 Å². The Kier molecular flexibility index (Phi) is 36.4. The van der Waals surface area contributed by atoms with Gasteiger partial charge in [0.1, 0.15) is 28.5 Å². The van der Waals surface area contributed by atoms with Gasteiger partial charge in [-0.05, 0) is 68.6 Å². The molecule has 25 heteroatoms. The number of hydrogen-bond donors (Lipinski definition) is 0. The Bertz CT molecular complexity index is 2300. The summed E-state index contributed by atoms with van der Waals surface area (Å²) in [5, 5.41) is 0. The van der Waals surface area contributed by atoms with Crippen LogP contribution in [0.4, 0.5) is 0 Å². The minimum absolute atomic E-state index is 0.217. The van der Waals surface area contributed by atoms with Crippen LogP contribution in [-0.4, -0.2) is 221 Å². The number of methoxy groups -OCH3 is 10. The smallest absolute Gasteiger partial charge is 0.354 e. The first-order chi connectivity index (χ1) is 40.0. The molecular formula is C59H91N5O20. The summed E-state index contributed by atoms with van der Waals surface area (Å²) in [5.74, 6) is -3.10. The van der Waals surface area contributed by atoms with E-state index < -0.39 is 59.7 Å². The van der Waals surface area contributed by atoms with Crippen molar-refractivity contribution in [3.63, 3.8) is 0 Å². The van der Waals surface area contributed by atoms with Crippen molar-refractivity contribution in [3.8, 4) is 0 Å². The summed E-state index contributed by atoms with van der Waals surface area (Å²) in [7, 11) is 12.9. The molecule has 0 aromatic heterocycles.